The molecule has 0 fully saturated rings. The van der Waals surface area contributed by atoms with Crippen molar-refractivity contribution in [1.82, 2.24) is 0 Å². The SMILES string of the molecule is COc1cccc(C(=O)/C=N/OCc2ccccc2)c1. The van der Waals surface area contributed by atoms with Crippen molar-refractivity contribution in [2.45, 2.75) is 6.61 Å². The van der Waals surface area contributed by atoms with Crippen molar-refractivity contribution in [2.24, 2.45) is 5.16 Å². The highest BCUT2D eigenvalue weighted by atomic mass is 16.6. The highest BCUT2D eigenvalue weighted by Crippen LogP contribution is 2.12. The number of hydrogen-bond acceptors (Lipinski definition) is 4. The van der Waals surface area contributed by atoms with Crippen molar-refractivity contribution in [3.63, 3.8) is 0 Å². The largest absolute Gasteiger partial charge is 0.497 e. The smallest absolute Gasteiger partial charge is 0.207 e. The second-order valence-electron chi connectivity index (χ2n) is 4.09. The minimum absolute atomic E-state index is 0.225. The molecular formula is C16H15NO3. The fraction of sp³-hybridized carbons (Fsp3) is 0.125. The summed E-state index contributed by atoms with van der Waals surface area (Å²) in [6.07, 6.45) is 1.16. The number of methoxy groups -OCH3 is 1. The van der Waals surface area contributed by atoms with E-state index in [4.69, 9.17) is 9.57 Å². The molecule has 2 aromatic rings. The Bertz CT molecular complexity index is 594. The Balaban J connectivity index is 1.89. The van der Waals surface area contributed by atoms with Crippen molar-refractivity contribution in [3.05, 3.63) is 65.7 Å². The van der Waals surface area contributed by atoms with Crippen LogP contribution in [0.2, 0.25) is 0 Å². The van der Waals surface area contributed by atoms with Crippen LogP contribution >= 0.6 is 0 Å². The van der Waals surface area contributed by atoms with Crippen LogP contribution in [0.15, 0.2) is 59.8 Å². The summed E-state index contributed by atoms with van der Waals surface area (Å²) < 4.78 is 5.06. The number of oxime groups is 1. The first kappa shape index (κ1) is 13.8. The van der Waals surface area contributed by atoms with Gasteiger partial charge >= 0.3 is 0 Å². The number of ketones is 1. The van der Waals surface area contributed by atoms with Gasteiger partial charge in [-0.1, -0.05) is 47.6 Å². The Hall–Kier alpha value is -2.62. The van der Waals surface area contributed by atoms with Crippen LogP contribution in [0, 0.1) is 0 Å². The molecule has 0 radical (unpaired) electrons. The Morgan fingerprint density at radius 3 is 2.70 bits per heavy atom. The minimum Gasteiger partial charge on any atom is -0.497 e. The lowest BCUT2D eigenvalue weighted by Crippen LogP contribution is -2.01. The molecule has 0 spiro atoms. The lowest BCUT2D eigenvalue weighted by molar-refractivity contribution is 0.104. The van der Waals surface area contributed by atoms with Crippen LogP contribution in [0.5, 0.6) is 5.75 Å². The van der Waals surface area contributed by atoms with Crippen LogP contribution < -0.4 is 4.74 Å². The quantitative estimate of drug-likeness (QED) is 0.460. The molecule has 0 bridgehead atoms. The predicted octanol–water partition coefficient (Wildman–Crippen LogP) is 3.08. The van der Waals surface area contributed by atoms with E-state index in [0.29, 0.717) is 17.9 Å². The highest BCUT2D eigenvalue weighted by Gasteiger charge is 2.03. The Morgan fingerprint density at radius 1 is 1.15 bits per heavy atom. The number of hydrogen-bond donors (Lipinski definition) is 0. The molecule has 20 heavy (non-hydrogen) atoms. The molecule has 0 unspecified atom stereocenters. The van der Waals surface area contributed by atoms with Gasteiger partial charge in [0.05, 0.1) is 7.11 Å². The monoisotopic (exact) mass is 269 g/mol. The maximum atomic E-state index is 11.8. The fourth-order valence-electron chi connectivity index (χ4n) is 1.62. The number of carbonyl (C=O) groups is 1. The number of Topliss-reactive ketones (excluding diaryl/α,β-unsaturated/α-hetero) is 1. The van der Waals surface area contributed by atoms with Crippen molar-refractivity contribution in [1.29, 1.82) is 0 Å². The standard InChI is InChI=1S/C16H15NO3/c1-19-15-9-5-8-14(10-15)16(18)11-17-20-12-13-6-3-2-4-7-13/h2-11H,12H2,1H3/b17-11+. The van der Waals surface area contributed by atoms with Gasteiger partial charge in [-0.2, -0.15) is 0 Å². The fourth-order valence-corrected chi connectivity index (χ4v) is 1.62. The maximum Gasteiger partial charge on any atom is 0.207 e. The molecule has 2 aromatic carbocycles. The Kier molecular flexibility index (Phi) is 4.89. The van der Waals surface area contributed by atoms with Crippen LogP contribution in [-0.4, -0.2) is 19.1 Å². The zero-order chi connectivity index (χ0) is 14.2. The summed E-state index contributed by atoms with van der Waals surface area (Å²) in [4.78, 5) is 16.9. The predicted molar refractivity (Wildman–Crippen MR) is 77.0 cm³/mol. The summed E-state index contributed by atoms with van der Waals surface area (Å²) in [7, 11) is 1.56. The molecule has 4 nitrogen and oxygen atoms in total. The summed E-state index contributed by atoms with van der Waals surface area (Å²) in [6, 6.07) is 16.5. The van der Waals surface area contributed by atoms with Crippen molar-refractivity contribution in [3.8, 4) is 5.75 Å². The molecule has 0 aliphatic carbocycles. The molecular weight excluding hydrogens is 254 g/mol. The van der Waals surface area contributed by atoms with Gasteiger partial charge in [0.25, 0.3) is 0 Å². The number of rotatable bonds is 6. The molecule has 0 N–H and O–H groups in total. The zero-order valence-corrected chi connectivity index (χ0v) is 11.2. The molecule has 0 atom stereocenters. The maximum absolute atomic E-state index is 11.8. The van der Waals surface area contributed by atoms with Gasteiger partial charge in [-0.05, 0) is 17.7 Å². The molecule has 0 saturated carbocycles. The van der Waals surface area contributed by atoms with E-state index >= 15 is 0 Å². The number of ether oxygens (including phenoxy) is 1. The molecule has 2 rings (SSSR count). The second kappa shape index (κ2) is 7.09. The van der Waals surface area contributed by atoms with E-state index in [-0.39, 0.29) is 5.78 Å². The average Bonchev–Trinajstić information content (AvgIpc) is 2.52. The van der Waals surface area contributed by atoms with Gasteiger partial charge in [0, 0.05) is 5.56 Å². The van der Waals surface area contributed by atoms with Crippen molar-refractivity contribution >= 4 is 12.0 Å². The summed E-state index contributed by atoms with van der Waals surface area (Å²) >= 11 is 0. The van der Waals surface area contributed by atoms with E-state index in [0.717, 1.165) is 11.8 Å². The van der Waals surface area contributed by atoms with Crippen LogP contribution in [0.4, 0.5) is 0 Å². The summed E-state index contributed by atoms with van der Waals surface area (Å²) in [5.74, 6) is 0.409. The summed E-state index contributed by atoms with van der Waals surface area (Å²) in [6.45, 7) is 0.336. The molecule has 0 heterocycles. The summed E-state index contributed by atoms with van der Waals surface area (Å²) in [5, 5.41) is 3.68. The van der Waals surface area contributed by atoms with Gasteiger partial charge < -0.3 is 9.57 Å². The minimum atomic E-state index is -0.225. The molecule has 0 aliphatic rings. The lowest BCUT2D eigenvalue weighted by Gasteiger charge is -2.01. The van der Waals surface area contributed by atoms with E-state index in [9.17, 15) is 4.79 Å². The molecule has 0 amide bonds. The van der Waals surface area contributed by atoms with Crippen molar-refractivity contribution < 1.29 is 14.4 Å². The van der Waals surface area contributed by atoms with Gasteiger partial charge in [-0.25, -0.2) is 0 Å². The van der Waals surface area contributed by atoms with Crippen LogP contribution in [-0.2, 0) is 11.4 Å². The summed E-state index contributed by atoms with van der Waals surface area (Å²) in [5.41, 5.74) is 1.51. The lowest BCUT2D eigenvalue weighted by atomic mass is 10.1. The number of carbonyl (C=O) groups excluding carboxylic acids is 1. The third-order valence-electron chi connectivity index (χ3n) is 2.67. The highest BCUT2D eigenvalue weighted by molar-refractivity contribution is 6.35. The van der Waals surface area contributed by atoms with E-state index in [2.05, 4.69) is 5.16 Å². The molecule has 4 heteroatoms. The molecule has 102 valence electrons. The third kappa shape index (κ3) is 3.95. The van der Waals surface area contributed by atoms with E-state index in [1.54, 1.807) is 31.4 Å². The first-order valence-corrected chi connectivity index (χ1v) is 6.17. The zero-order valence-electron chi connectivity index (χ0n) is 11.2. The van der Waals surface area contributed by atoms with Gasteiger partial charge in [0.1, 0.15) is 18.6 Å². The van der Waals surface area contributed by atoms with Gasteiger partial charge in [-0.15, -0.1) is 0 Å². The number of benzene rings is 2. The van der Waals surface area contributed by atoms with Crippen LogP contribution in [0.25, 0.3) is 0 Å². The van der Waals surface area contributed by atoms with Gasteiger partial charge in [0.2, 0.25) is 5.78 Å². The third-order valence-corrected chi connectivity index (χ3v) is 2.67. The molecule has 0 saturated heterocycles. The molecule has 0 aromatic heterocycles. The first-order chi connectivity index (χ1) is 9.79. The normalized spacial score (nSPS) is 10.4. The van der Waals surface area contributed by atoms with Crippen LogP contribution in [0.3, 0.4) is 0 Å². The van der Waals surface area contributed by atoms with Gasteiger partial charge in [0.15, 0.2) is 0 Å². The first-order valence-electron chi connectivity index (χ1n) is 6.17. The molecule has 0 aliphatic heterocycles. The second-order valence-corrected chi connectivity index (χ2v) is 4.09. The average molecular weight is 269 g/mol. The van der Waals surface area contributed by atoms with Crippen molar-refractivity contribution in [2.75, 3.05) is 7.11 Å². The Morgan fingerprint density at radius 2 is 1.95 bits per heavy atom. The van der Waals surface area contributed by atoms with E-state index in [1.807, 2.05) is 30.3 Å². The van der Waals surface area contributed by atoms with Gasteiger partial charge in [-0.3, -0.25) is 4.79 Å². The Labute approximate surface area is 117 Å². The van der Waals surface area contributed by atoms with E-state index in [1.165, 1.54) is 0 Å². The van der Waals surface area contributed by atoms with Crippen LogP contribution in [0.1, 0.15) is 15.9 Å². The topological polar surface area (TPSA) is 47.9 Å². The van der Waals surface area contributed by atoms with E-state index < -0.39 is 0 Å². The number of nitrogens with zero attached hydrogens (tertiary/aromatic N) is 1.